The Kier molecular flexibility index (Phi) is 6.82. The quantitative estimate of drug-likeness (QED) is 0.496. The number of hydrogen-bond acceptors (Lipinski definition) is 5. The van der Waals surface area contributed by atoms with Crippen molar-refractivity contribution in [2.75, 3.05) is 18.4 Å². The maximum absolute atomic E-state index is 12.7. The standard InChI is InChI=1S/C22H21Cl3N4O2/c1-13-17(24)3-2-4-19(13)26-22(30)14-7-9-29(10-8-14)12-20-27-21(28-31-20)16-6-5-15(23)11-18(16)25/h2-6,11,14H,7-10,12H2,1H3,(H,26,30). The summed E-state index contributed by atoms with van der Waals surface area (Å²) in [5.41, 5.74) is 2.31. The summed E-state index contributed by atoms with van der Waals surface area (Å²) < 4.78 is 5.40. The first-order chi connectivity index (χ1) is 14.9. The van der Waals surface area contributed by atoms with Crippen LogP contribution >= 0.6 is 34.8 Å². The van der Waals surface area contributed by atoms with Crippen LogP contribution in [0.3, 0.4) is 0 Å². The van der Waals surface area contributed by atoms with E-state index in [9.17, 15) is 4.79 Å². The minimum Gasteiger partial charge on any atom is -0.338 e. The number of anilines is 1. The van der Waals surface area contributed by atoms with Crippen LogP contribution in [0.15, 0.2) is 40.9 Å². The highest BCUT2D eigenvalue weighted by Crippen LogP contribution is 2.29. The highest BCUT2D eigenvalue weighted by atomic mass is 35.5. The van der Waals surface area contributed by atoms with Gasteiger partial charge in [-0.1, -0.05) is 46.0 Å². The molecule has 9 heteroatoms. The zero-order valence-electron chi connectivity index (χ0n) is 16.9. The molecule has 1 fully saturated rings. The Morgan fingerprint density at radius 3 is 2.68 bits per heavy atom. The number of nitrogens with zero attached hydrogens (tertiary/aromatic N) is 3. The number of amides is 1. The highest BCUT2D eigenvalue weighted by molar-refractivity contribution is 6.36. The first kappa shape index (κ1) is 22.1. The number of aromatic nitrogens is 2. The summed E-state index contributed by atoms with van der Waals surface area (Å²) in [6, 6.07) is 10.7. The van der Waals surface area contributed by atoms with E-state index in [2.05, 4.69) is 20.4 Å². The molecule has 1 amide bonds. The molecule has 0 unspecified atom stereocenters. The number of likely N-dealkylation sites (tertiary alicyclic amines) is 1. The molecular formula is C22H21Cl3N4O2. The zero-order valence-corrected chi connectivity index (χ0v) is 19.1. The van der Waals surface area contributed by atoms with Crippen LogP contribution in [0, 0.1) is 12.8 Å². The number of hydrogen-bond donors (Lipinski definition) is 1. The predicted molar refractivity (Wildman–Crippen MR) is 123 cm³/mol. The molecule has 1 saturated heterocycles. The summed E-state index contributed by atoms with van der Waals surface area (Å²) in [4.78, 5) is 19.3. The molecule has 2 heterocycles. The number of rotatable bonds is 5. The third-order valence-electron chi connectivity index (χ3n) is 5.48. The number of carbonyl (C=O) groups is 1. The second-order valence-corrected chi connectivity index (χ2v) is 8.84. The number of benzene rings is 2. The van der Waals surface area contributed by atoms with E-state index >= 15 is 0 Å². The van der Waals surface area contributed by atoms with Crippen LogP contribution in [0.2, 0.25) is 15.1 Å². The molecule has 0 aliphatic carbocycles. The Morgan fingerprint density at radius 2 is 1.94 bits per heavy atom. The fourth-order valence-electron chi connectivity index (χ4n) is 3.62. The normalized spacial score (nSPS) is 15.2. The van der Waals surface area contributed by atoms with E-state index in [1.807, 2.05) is 25.1 Å². The van der Waals surface area contributed by atoms with Crippen LogP contribution < -0.4 is 5.32 Å². The Hall–Kier alpha value is -2.12. The Balaban J connectivity index is 1.32. The van der Waals surface area contributed by atoms with Gasteiger partial charge in [-0.2, -0.15) is 4.98 Å². The van der Waals surface area contributed by atoms with Gasteiger partial charge in [-0.05, 0) is 68.8 Å². The Bertz CT molecular complexity index is 1090. The molecule has 1 aliphatic rings. The minimum absolute atomic E-state index is 0.0301. The lowest BCUT2D eigenvalue weighted by Gasteiger charge is -2.30. The average molecular weight is 480 g/mol. The van der Waals surface area contributed by atoms with Crippen LogP contribution in [0.25, 0.3) is 11.4 Å². The summed E-state index contributed by atoms with van der Waals surface area (Å²) in [7, 11) is 0. The van der Waals surface area contributed by atoms with Gasteiger partial charge in [0.25, 0.3) is 0 Å². The number of nitrogens with one attached hydrogen (secondary N) is 1. The number of carbonyl (C=O) groups excluding carboxylic acids is 1. The SMILES string of the molecule is Cc1c(Cl)cccc1NC(=O)C1CCN(Cc2nc(-c3ccc(Cl)cc3Cl)no2)CC1. The molecule has 2 aromatic carbocycles. The smallest absolute Gasteiger partial charge is 0.241 e. The molecule has 0 spiro atoms. The Morgan fingerprint density at radius 1 is 1.16 bits per heavy atom. The van der Waals surface area contributed by atoms with Crippen LogP contribution in [-0.2, 0) is 11.3 Å². The lowest BCUT2D eigenvalue weighted by atomic mass is 9.95. The van der Waals surface area contributed by atoms with E-state index in [4.69, 9.17) is 39.3 Å². The fourth-order valence-corrected chi connectivity index (χ4v) is 4.29. The first-order valence-electron chi connectivity index (χ1n) is 9.97. The van der Waals surface area contributed by atoms with Gasteiger partial charge >= 0.3 is 0 Å². The van der Waals surface area contributed by atoms with Gasteiger partial charge in [0.15, 0.2) is 0 Å². The van der Waals surface area contributed by atoms with Gasteiger partial charge in [-0.3, -0.25) is 9.69 Å². The van der Waals surface area contributed by atoms with Crippen LogP contribution in [0.1, 0.15) is 24.3 Å². The van der Waals surface area contributed by atoms with E-state index in [1.54, 1.807) is 18.2 Å². The highest BCUT2D eigenvalue weighted by Gasteiger charge is 2.26. The second kappa shape index (κ2) is 9.57. The van der Waals surface area contributed by atoms with Crippen LogP contribution in [0.5, 0.6) is 0 Å². The predicted octanol–water partition coefficient (Wildman–Crippen LogP) is 5.86. The third-order valence-corrected chi connectivity index (χ3v) is 6.44. The molecule has 1 aromatic heterocycles. The fraction of sp³-hybridized carbons (Fsp3) is 0.318. The van der Waals surface area contributed by atoms with Crippen molar-refractivity contribution in [3.05, 3.63) is 62.9 Å². The van der Waals surface area contributed by atoms with Crippen LogP contribution in [0.4, 0.5) is 5.69 Å². The molecule has 162 valence electrons. The van der Waals surface area contributed by atoms with E-state index in [1.165, 1.54) is 0 Å². The molecule has 6 nitrogen and oxygen atoms in total. The van der Waals surface area contributed by atoms with Gasteiger partial charge in [-0.15, -0.1) is 0 Å². The lowest BCUT2D eigenvalue weighted by molar-refractivity contribution is -0.121. The topological polar surface area (TPSA) is 71.3 Å². The lowest BCUT2D eigenvalue weighted by Crippen LogP contribution is -2.37. The van der Waals surface area contributed by atoms with Crippen molar-refractivity contribution >= 4 is 46.4 Å². The average Bonchev–Trinajstić information content (AvgIpc) is 3.20. The van der Waals surface area contributed by atoms with E-state index in [0.29, 0.717) is 38.9 Å². The summed E-state index contributed by atoms with van der Waals surface area (Å²) >= 11 is 18.3. The molecular weight excluding hydrogens is 459 g/mol. The second-order valence-electron chi connectivity index (χ2n) is 7.59. The molecule has 31 heavy (non-hydrogen) atoms. The Labute approximate surface area is 195 Å². The van der Waals surface area contributed by atoms with Crippen LogP contribution in [-0.4, -0.2) is 34.0 Å². The van der Waals surface area contributed by atoms with Crippen molar-refractivity contribution in [2.45, 2.75) is 26.3 Å². The van der Waals surface area contributed by atoms with E-state index < -0.39 is 0 Å². The minimum atomic E-state index is -0.0410. The molecule has 0 bridgehead atoms. The van der Waals surface area contributed by atoms with Crippen molar-refractivity contribution in [2.24, 2.45) is 5.92 Å². The van der Waals surface area contributed by atoms with Gasteiger partial charge in [-0.25, -0.2) is 0 Å². The van der Waals surface area contributed by atoms with Crippen molar-refractivity contribution < 1.29 is 9.32 Å². The van der Waals surface area contributed by atoms with Gasteiger partial charge < -0.3 is 9.84 Å². The van der Waals surface area contributed by atoms with Gasteiger partial charge in [0.2, 0.25) is 17.6 Å². The van der Waals surface area contributed by atoms with Gasteiger partial charge in [0.05, 0.1) is 11.6 Å². The summed E-state index contributed by atoms with van der Waals surface area (Å²) in [6.45, 7) is 3.97. The first-order valence-corrected chi connectivity index (χ1v) is 11.1. The molecule has 0 atom stereocenters. The van der Waals surface area contributed by atoms with Gasteiger partial charge in [0, 0.05) is 27.2 Å². The molecule has 4 rings (SSSR count). The summed E-state index contributed by atoms with van der Waals surface area (Å²) in [5.74, 6) is 0.935. The van der Waals surface area contributed by atoms with Crippen molar-refractivity contribution in [1.29, 1.82) is 0 Å². The van der Waals surface area contributed by atoms with Crippen molar-refractivity contribution in [1.82, 2.24) is 15.0 Å². The van der Waals surface area contributed by atoms with Gasteiger partial charge in [0.1, 0.15) is 0 Å². The number of piperidine rings is 1. The summed E-state index contributed by atoms with van der Waals surface area (Å²) in [6.07, 6.45) is 1.52. The monoisotopic (exact) mass is 478 g/mol. The third kappa shape index (κ3) is 5.21. The molecule has 0 saturated carbocycles. The zero-order chi connectivity index (χ0) is 22.0. The largest absolute Gasteiger partial charge is 0.338 e. The van der Waals surface area contributed by atoms with E-state index in [-0.39, 0.29) is 11.8 Å². The summed E-state index contributed by atoms with van der Waals surface area (Å²) in [5, 5.41) is 8.71. The van der Waals surface area contributed by atoms with Crippen molar-refractivity contribution in [3.63, 3.8) is 0 Å². The molecule has 0 radical (unpaired) electrons. The maximum Gasteiger partial charge on any atom is 0.241 e. The van der Waals surface area contributed by atoms with E-state index in [0.717, 1.165) is 37.2 Å². The maximum atomic E-state index is 12.7. The van der Waals surface area contributed by atoms with Crippen molar-refractivity contribution in [3.8, 4) is 11.4 Å². The number of halogens is 3. The molecule has 3 aromatic rings. The molecule has 1 aliphatic heterocycles. The molecule has 1 N–H and O–H groups in total.